The highest BCUT2D eigenvalue weighted by atomic mass is 16.5. The van der Waals surface area contributed by atoms with Crippen LogP contribution in [0.5, 0.6) is 5.75 Å². The summed E-state index contributed by atoms with van der Waals surface area (Å²) in [7, 11) is 1.60. The minimum absolute atomic E-state index is 0.0435. The summed E-state index contributed by atoms with van der Waals surface area (Å²) in [4.78, 5) is 16.5. The Morgan fingerprint density at radius 2 is 1.92 bits per heavy atom. The first kappa shape index (κ1) is 17.9. The number of ether oxygens (including phenoxy) is 2. The Labute approximate surface area is 143 Å². The summed E-state index contributed by atoms with van der Waals surface area (Å²) in [5.74, 6) is 0.564. The Balaban J connectivity index is 2.01. The van der Waals surface area contributed by atoms with Gasteiger partial charge in [0, 0.05) is 13.3 Å². The number of hydrogen-bond donors (Lipinski definition) is 1. The van der Waals surface area contributed by atoms with Crippen LogP contribution in [0.2, 0.25) is 0 Å². The molecule has 0 aliphatic carbocycles. The van der Waals surface area contributed by atoms with Gasteiger partial charge in [-0.3, -0.25) is 9.78 Å². The van der Waals surface area contributed by atoms with Gasteiger partial charge >= 0.3 is 0 Å². The zero-order chi connectivity index (χ0) is 17.5. The number of amides is 1. The van der Waals surface area contributed by atoms with Gasteiger partial charge in [0.25, 0.3) is 5.91 Å². The van der Waals surface area contributed by atoms with Crippen molar-refractivity contribution in [3.05, 3.63) is 58.9 Å². The molecule has 2 aromatic rings. The van der Waals surface area contributed by atoms with Gasteiger partial charge in [-0.2, -0.15) is 0 Å². The molecule has 0 aliphatic rings. The molecule has 1 aromatic carbocycles. The maximum Gasteiger partial charge on any atom is 0.258 e. The molecule has 0 bridgehead atoms. The van der Waals surface area contributed by atoms with Crippen molar-refractivity contribution in [2.75, 3.05) is 20.3 Å². The van der Waals surface area contributed by atoms with Gasteiger partial charge in [0.05, 0.1) is 18.3 Å². The monoisotopic (exact) mass is 328 g/mol. The van der Waals surface area contributed by atoms with E-state index < -0.39 is 0 Å². The normalized spacial score (nSPS) is 11.8. The number of aryl methyl sites for hydroxylation is 2. The summed E-state index contributed by atoms with van der Waals surface area (Å²) in [6.45, 7) is 6.30. The van der Waals surface area contributed by atoms with Gasteiger partial charge in [0.15, 0.2) is 6.61 Å². The molecule has 5 heteroatoms. The van der Waals surface area contributed by atoms with E-state index in [9.17, 15) is 4.79 Å². The van der Waals surface area contributed by atoms with Crippen LogP contribution in [0.15, 0.2) is 36.5 Å². The fraction of sp³-hybridized carbons (Fsp3) is 0.368. The number of hydrogen-bond acceptors (Lipinski definition) is 4. The predicted octanol–water partition coefficient (Wildman–Crippen LogP) is 2.89. The highest BCUT2D eigenvalue weighted by molar-refractivity contribution is 5.78. The molecule has 2 rings (SSSR count). The Bertz CT molecular complexity index is 687. The van der Waals surface area contributed by atoms with E-state index in [1.807, 2.05) is 51.1 Å². The van der Waals surface area contributed by atoms with Crippen molar-refractivity contribution in [3.8, 4) is 5.75 Å². The topological polar surface area (TPSA) is 60.5 Å². The fourth-order valence-electron chi connectivity index (χ4n) is 2.47. The molecule has 0 saturated heterocycles. The van der Waals surface area contributed by atoms with Crippen molar-refractivity contribution in [1.82, 2.24) is 10.3 Å². The van der Waals surface area contributed by atoms with E-state index in [4.69, 9.17) is 9.47 Å². The highest BCUT2D eigenvalue weighted by Gasteiger charge is 2.16. The van der Waals surface area contributed by atoms with Crippen molar-refractivity contribution in [2.45, 2.75) is 26.8 Å². The number of rotatable bonds is 7. The average Bonchev–Trinajstić information content (AvgIpc) is 2.59. The fourth-order valence-corrected chi connectivity index (χ4v) is 2.47. The molecule has 0 fully saturated rings. The first-order valence-electron chi connectivity index (χ1n) is 7.91. The lowest BCUT2D eigenvalue weighted by Gasteiger charge is -2.18. The quantitative estimate of drug-likeness (QED) is 0.849. The van der Waals surface area contributed by atoms with Crippen LogP contribution in [0, 0.1) is 20.8 Å². The van der Waals surface area contributed by atoms with Gasteiger partial charge < -0.3 is 14.8 Å². The summed E-state index contributed by atoms with van der Waals surface area (Å²) in [5, 5.41) is 2.91. The smallest absolute Gasteiger partial charge is 0.258 e. The number of nitrogens with one attached hydrogen (secondary N) is 1. The van der Waals surface area contributed by atoms with Crippen LogP contribution in [-0.4, -0.2) is 31.2 Å². The zero-order valence-electron chi connectivity index (χ0n) is 14.6. The molecule has 1 atom stereocenters. The van der Waals surface area contributed by atoms with Gasteiger partial charge in [-0.1, -0.05) is 18.2 Å². The number of aromatic nitrogens is 1. The molecule has 0 aliphatic heterocycles. The molecule has 1 N–H and O–H groups in total. The predicted molar refractivity (Wildman–Crippen MR) is 93.1 cm³/mol. The maximum absolute atomic E-state index is 12.3. The van der Waals surface area contributed by atoms with Crippen molar-refractivity contribution in [2.24, 2.45) is 0 Å². The van der Waals surface area contributed by atoms with Gasteiger partial charge in [0.1, 0.15) is 5.75 Å². The van der Waals surface area contributed by atoms with Crippen LogP contribution in [0.1, 0.15) is 28.4 Å². The number of carbonyl (C=O) groups excluding carboxylic acids is 1. The molecule has 128 valence electrons. The Morgan fingerprint density at radius 1 is 1.17 bits per heavy atom. The summed E-state index contributed by atoms with van der Waals surface area (Å²) in [6.07, 6.45) is 1.69. The second-order valence-corrected chi connectivity index (χ2v) is 5.77. The van der Waals surface area contributed by atoms with Gasteiger partial charge in [-0.05, 0) is 49.6 Å². The molecule has 24 heavy (non-hydrogen) atoms. The second-order valence-electron chi connectivity index (χ2n) is 5.77. The van der Waals surface area contributed by atoms with Crippen LogP contribution in [0.3, 0.4) is 0 Å². The van der Waals surface area contributed by atoms with Crippen LogP contribution >= 0.6 is 0 Å². The third-order valence-corrected chi connectivity index (χ3v) is 3.93. The van der Waals surface area contributed by atoms with Crippen molar-refractivity contribution in [3.63, 3.8) is 0 Å². The number of benzene rings is 1. The van der Waals surface area contributed by atoms with E-state index in [2.05, 4.69) is 10.3 Å². The number of nitrogens with zero attached hydrogens (tertiary/aromatic N) is 1. The van der Waals surface area contributed by atoms with Gasteiger partial charge in [-0.15, -0.1) is 0 Å². The van der Waals surface area contributed by atoms with E-state index >= 15 is 0 Å². The van der Waals surface area contributed by atoms with Crippen molar-refractivity contribution >= 4 is 5.91 Å². The zero-order valence-corrected chi connectivity index (χ0v) is 14.6. The number of carbonyl (C=O) groups is 1. The van der Waals surface area contributed by atoms with Crippen molar-refractivity contribution in [1.29, 1.82) is 0 Å². The lowest BCUT2D eigenvalue weighted by Crippen LogP contribution is -2.35. The number of methoxy groups -OCH3 is 1. The minimum atomic E-state index is -0.299. The molecule has 1 heterocycles. The third-order valence-electron chi connectivity index (χ3n) is 3.93. The summed E-state index contributed by atoms with van der Waals surface area (Å²) in [5.41, 5.74) is 3.97. The molecular formula is C19H24N2O3. The van der Waals surface area contributed by atoms with E-state index in [0.29, 0.717) is 6.61 Å². The highest BCUT2D eigenvalue weighted by Crippen LogP contribution is 2.25. The summed E-state index contributed by atoms with van der Waals surface area (Å²) >= 11 is 0. The van der Waals surface area contributed by atoms with E-state index in [1.54, 1.807) is 13.3 Å². The summed E-state index contributed by atoms with van der Waals surface area (Å²) < 4.78 is 10.9. The number of pyridine rings is 1. The molecule has 5 nitrogen and oxygen atoms in total. The maximum atomic E-state index is 12.3. The van der Waals surface area contributed by atoms with Gasteiger partial charge in [-0.25, -0.2) is 0 Å². The molecular weight excluding hydrogens is 304 g/mol. The Morgan fingerprint density at radius 3 is 2.58 bits per heavy atom. The first-order valence-corrected chi connectivity index (χ1v) is 7.91. The van der Waals surface area contributed by atoms with E-state index in [1.165, 1.54) is 0 Å². The lowest BCUT2D eigenvalue weighted by atomic mass is 10.1. The average molecular weight is 328 g/mol. The van der Waals surface area contributed by atoms with Crippen LogP contribution in [-0.2, 0) is 9.53 Å². The molecule has 1 amide bonds. The van der Waals surface area contributed by atoms with Crippen LogP contribution in [0.25, 0.3) is 0 Å². The van der Waals surface area contributed by atoms with E-state index in [0.717, 1.165) is 28.1 Å². The largest absolute Gasteiger partial charge is 0.483 e. The van der Waals surface area contributed by atoms with Crippen LogP contribution in [0.4, 0.5) is 0 Å². The SMILES string of the molecule is COC[C@H](NC(=O)COc1c(C)ccc(C)c1C)c1ccccn1. The second kappa shape index (κ2) is 8.45. The van der Waals surface area contributed by atoms with Crippen LogP contribution < -0.4 is 10.1 Å². The third kappa shape index (κ3) is 4.55. The summed E-state index contributed by atoms with van der Waals surface area (Å²) in [6, 6.07) is 9.32. The van der Waals surface area contributed by atoms with Gasteiger partial charge in [0.2, 0.25) is 0 Å². The molecule has 0 unspecified atom stereocenters. The molecule has 1 aromatic heterocycles. The first-order chi connectivity index (χ1) is 11.5. The Kier molecular flexibility index (Phi) is 6.32. The van der Waals surface area contributed by atoms with Crippen molar-refractivity contribution < 1.29 is 14.3 Å². The standard InChI is InChI=1S/C19H24N2O3/c1-13-8-9-14(2)19(15(13)3)24-12-18(22)21-17(11-23-4)16-7-5-6-10-20-16/h5-10,17H,11-12H2,1-4H3,(H,21,22)/t17-/m0/s1. The van der Waals surface area contributed by atoms with E-state index in [-0.39, 0.29) is 18.6 Å². The Hall–Kier alpha value is -2.40. The molecule has 0 radical (unpaired) electrons. The lowest BCUT2D eigenvalue weighted by molar-refractivity contribution is -0.124. The molecule has 0 saturated carbocycles. The molecule has 0 spiro atoms. The minimum Gasteiger partial charge on any atom is -0.483 e.